The Morgan fingerprint density at radius 1 is 1.31 bits per heavy atom. The minimum absolute atomic E-state index is 0.0274. The molecule has 1 aromatic heterocycles. The van der Waals surface area contributed by atoms with Gasteiger partial charge in [-0.2, -0.15) is 0 Å². The molecule has 0 spiro atoms. The van der Waals surface area contributed by atoms with E-state index in [0.29, 0.717) is 10.1 Å². The third kappa shape index (κ3) is 2.04. The molecule has 7 heteroatoms. The standard InChI is InChI=1S/C9H5ClO4S2/c10-16(13,14)6-2-1-5-3-8(9(11)12)15-7(5)4-6/h1-4H,(H,11,12). The molecule has 84 valence electrons. The lowest BCUT2D eigenvalue weighted by atomic mass is 10.2. The first-order valence-corrected chi connectivity index (χ1v) is 7.22. The molecule has 1 aromatic carbocycles. The Balaban J connectivity index is 2.67. The molecule has 0 saturated carbocycles. The molecule has 0 aliphatic heterocycles. The van der Waals surface area contributed by atoms with Crippen LogP contribution in [-0.4, -0.2) is 19.5 Å². The maximum Gasteiger partial charge on any atom is 0.345 e. The molecule has 0 bridgehead atoms. The molecule has 1 N–H and O–H groups in total. The predicted octanol–water partition coefficient (Wildman–Crippen LogP) is 2.53. The van der Waals surface area contributed by atoms with Crippen LogP contribution in [0.1, 0.15) is 9.67 Å². The minimum atomic E-state index is -3.77. The van der Waals surface area contributed by atoms with E-state index >= 15 is 0 Å². The zero-order valence-corrected chi connectivity index (χ0v) is 10.1. The van der Waals surface area contributed by atoms with Crippen LogP contribution in [-0.2, 0) is 9.05 Å². The summed E-state index contributed by atoms with van der Waals surface area (Å²) >= 11 is 1.01. The van der Waals surface area contributed by atoms with E-state index in [1.165, 1.54) is 24.3 Å². The van der Waals surface area contributed by atoms with Crippen molar-refractivity contribution >= 4 is 47.1 Å². The number of rotatable bonds is 2. The third-order valence-electron chi connectivity index (χ3n) is 1.98. The zero-order chi connectivity index (χ0) is 11.9. The third-order valence-corrected chi connectivity index (χ3v) is 4.42. The van der Waals surface area contributed by atoms with Gasteiger partial charge in [-0.3, -0.25) is 0 Å². The summed E-state index contributed by atoms with van der Waals surface area (Å²) < 4.78 is 22.7. The predicted molar refractivity (Wildman–Crippen MR) is 61.8 cm³/mol. The van der Waals surface area contributed by atoms with Crippen molar-refractivity contribution in [2.75, 3.05) is 0 Å². The molecular formula is C9H5ClO4S2. The highest BCUT2D eigenvalue weighted by Gasteiger charge is 2.13. The summed E-state index contributed by atoms with van der Waals surface area (Å²) in [5.41, 5.74) is 0. The Morgan fingerprint density at radius 3 is 2.56 bits per heavy atom. The summed E-state index contributed by atoms with van der Waals surface area (Å²) in [7, 11) is 1.42. The van der Waals surface area contributed by atoms with Gasteiger partial charge in [0.1, 0.15) is 4.88 Å². The van der Waals surface area contributed by atoms with Gasteiger partial charge in [0.15, 0.2) is 0 Å². The second kappa shape index (κ2) is 3.73. The highest BCUT2D eigenvalue weighted by molar-refractivity contribution is 8.13. The number of carboxylic acids is 1. The van der Waals surface area contributed by atoms with Crippen molar-refractivity contribution in [3.8, 4) is 0 Å². The van der Waals surface area contributed by atoms with Gasteiger partial charge in [-0.25, -0.2) is 13.2 Å². The Hall–Kier alpha value is -1.11. The largest absolute Gasteiger partial charge is 0.477 e. The molecule has 0 aliphatic rings. The van der Waals surface area contributed by atoms with Gasteiger partial charge >= 0.3 is 5.97 Å². The van der Waals surface area contributed by atoms with E-state index < -0.39 is 15.0 Å². The van der Waals surface area contributed by atoms with Crippen LogP contribution < -0.4 is 0 Å². The van der Waals surface area contributed by atoms with Crippen molar-refractivity contribution in [1.29, 1.82) is 0 Å². The second-order valence-corrected chi connectivity index (χ2v) is 6.70. The Labute approximate surface area is 99.5 Å². The zero-order valence-electron chi connectivity index (χ0n) is 7.68. The van der Waals surface area contributed by atoms with Crippen LogP contribution in [0.3, 0.4) is 0 Å². The van der Waals surface area contributed by atoms with E-state index in [2.05, 4.69) is 0 Å². The second-order valence-electron chi connectivity index (χ2n) is 3.05. The number of carboxylic acid groups (broad SMARTS) is 1. The van der Waals surface area contributed by atoms with Gasteiger partial charge in [-0.15, -0.1) is 11.3 Å². The van der Waals surface area contributed by atoms with Crippen molar-refractivity contribution in [3.05, 3.63) is 29.1 Å². The van der Waals surface area contributed by atoms with E-state index in [-0.39, 0.29) is 9.77 Å². The molecule has 0 unspecified atom stereocenters. The molecule has 0 atom stereocenters. The number of halogens is 1. The molecule has 1 heterocycles. The van der Waals surface area contributed by atoms with E-state index in [1.807, 2.05) is 0 Å². The molecule has 0 aliphatic carbocycles. The van der Waals surface area contributed by atoms with Gasteiger partial charge < -0.3 is 5.11 Å². The fourth-order valence-electron chi connectivity index (χ4n) is 1.27. The van der Waals surface area contributed by atoms with Crippen LogP contribution in [0.4, 0.5) is 0 Å². The lowest BCUT2D eigenvalue weighted by Crippen LogP contribution is -1.89. The van der Waals surface area contributed by atoms with E-state index in [1.54, 1.807) is 0 Å². The summed E-state index contributed by atoms with van der Waals surface area (Å²) in [6.45, 7) is 0. The fraction of sp³-hybridized carbons (Fsp3) is 0. The summed E-state index contributed by atoms with van der Waals surface area (Å²) in [4.78, 5) is 10.9. The van der Waals surface area contributed by atoms with Crippen molar-refractivity contribution < 1.29 is 18.3 Å². The molecule has 4 nitrogen and oxygen atoms in total. The van der Waals surface area contributed by atoms with E-state index in [4.69, 9.17) is 15.8 Å². The number of hydrogen-bond acceptors (Lipinski definition) is 4. The average Bonchev–Trinajstić information content (AvgIpc) is 2.58. The summed E-state index contributed by atoms with van der Waals surface area (Å²) in [6, 6.07) is 5.75. The number of fused-ring (bicyclic) bond motifs is 1. The van der Waals surface area contributed by atoms with Crippen molar-refractivity contribution in [2.24, 2.45) is 0 Å². The lowest BCUT2D eigenvalue weighted by molar-refractivity contribution is 0.0702. The smallest absolute Gasteiger partial charge is 0.345 e. The normalized spacial score (nSPS) is 11.8. The van der Waals surface area contributed by atoms with Crippen molar-refractivity contribution in [1.82, 2.24) is 0 Å². The van der Waals surface area contributed by atoms with Crippen LogP contribution in [0.25, 0.3) is 10.1 Å². The quantitative estimate of drug-likeness (QED) is 0.856. The molecule has 0 saturated heterocycles. The van der Waals surface area contributed by atoms with E-state index in [0.717, 1.165) is 11.3 Å². The Kier molecular flexibility index (Phi) is 2.65. The van der Waals surface area contributed by atoms with Crippen LogP contribution in [0.2, 0.25) is 0 Å². The first kappa shape index (κ1) is 11.4. The van der Waals surface area contributed by atoms with Crippen LogP contribution in [0.15, 0.2) is 29.2 Å². The van der Waals surface area contributed by atoms with Crippen LogP contribution >= 0.6 is 22.0 Å². The molecule has 0 amide bonds. The molecular weight excluding hydrogens is 272 g/mol. The van der Waals surface area contributed by atoms with Crippen LogP contribution in [0.5, 0.6) is 0 Å². The molecule has 0 radical (unpaired) electrons. The lowest BCUT2D eigenvalue weighted by Gasteiger charge is -1.94. The van der Waals surface area contributed by atoms with Crippen LogP contribution in [0, 0.1) is 0 Å². The summed E-state index contributed by atoms with van der Waals surface area (Å²) in [5.74, 6) is -1.03. The number of aromatic carboxylic acids is 1. The first-order valence-electron chi connectivity index (χ1n) is 4.09. The summed E-state index contributed by atoms with van der Waals surface area (Å²) in [6.07, 6.45) is 0. The van der Waals surface area contributed by atoms with Gasteiger partial charge in [0.25, 0.3) is 9.05 Å². The number of carbonyl (C=O) groups is 1. The first-order chi connectivity index (χ1) is 7.38. The number of benzene rings is 1. The molecule has 2 rings (SSSR count). The SMILES string of the molecule is O=C(O)c1cc2ccc(S(=O)(=O)Cl)cc2s1. The van der Waals surface area contributed by atoms with E-state index in [9.17, 15) is 13.2 Å². The van der Waals surface area contributed by atoms with Gasteiger partial charge in [0.05, 0.1) is 4.90 Å². The van der Waals surface area contributed by atoms with Gasteiger partial charge in [-0.05, 0) is 23.6 Å². The highest BCUT2D eigenvalue weighted by Crippen LogP contribution is 2.29. The molecule has 0 fully saturated rings. The van der Waals surface area contributed by atoms with Crippen molar-refractivity contribution in [3.63, 3.8) is 0 Å². The Morgan fingerprint density at radius 2 is 2.00 bits per heavy atom. The monoisotopic (exact) mass is 276 g/mol. The van der Waals surface area contributed by atoms with Gasteiger partial charge in [0, 0.05) is 15.4 Å². The Bertz CT molecular complexity index is 672. The molecule has 16 heavy (non-hydrogen) atoms. The topological polar surface area (TPSA) is 71.4 Å². The average molecular weight is 277 g/mol. The van der Waals surface area contributed by atoms with Gasteiger partial charge in [0.2, 0.25) is 0 Å². The number of hydrogen-bond donors (Lipinski definition) is 1. The molecule has 2 aromatic rings. The maximum absolute atomic E-state index is 11.1. The summed E-state index contributed by atoms with van der Waals surface area (Å²) in [5, 5.41) is 9.47. The number of thiophene rings is 1. The minimum Gasteiger partial charge on any atom is -0.477 e. The van der Waals surface area contributed by atoms with Gasteiger partial charge in [-0.1, -0.05) is 6.07 Å². The fourth-order valence-corrected chi connectivity index (χ4v) is 3.06. The maximum atomic E-state index is 11.1. The highest BCUT2D eigenvalue weighted by atomic mass is 35.7. The van der Waals surface area contributed by atoms with Crippen molar-refractivity contribution in [2.45, 2.75) is 4.90 Å².